The zero-order chi connectivity index (χ0) is 18.7. The van der Waals surface area contributed by atoms with Crippen molar-refractivity contribution in [2.24, 2.45) is 5.73 Å². The summed E-state index contributed by atoms with van der Waals surface area (Å²) in [6.45, 7) is 2.40. The van der Waals surface area contributed by atoms with Gasteiger partial charge in [-0.25, -0.2) is 0 Å². The standard InChI is InChI=1S/C17H18N6O3/c1-3-23-9-14(15(22-23)16(18)24)19-17(25)13-8-12(20-21-13)10-4-6-11(26-2)7-5-10/h4-9H,3H2,1-2H3,(H2,18,24)(H,19,25)(H,20,21). The first-order valence-electron chi connectivity index (χ1n) is 7.90. The van der Waals surface area contributed by atoms with Crippen LogP contribution < -0.4 is 15.8 Å². The molecule has 0 saturated carbocycles. The summed E-state index contributed by atoms with van der Waals surface area (Å²) in [7, 11) is 1.59. The Labute approximate surface area is 149 Å². The van der Waals surface area contributed by atoms with Crippen LogP contribution in [0.4, 0.5) is 5.69 Å². The van der Waals surface area contributed by atoms with Gasteiger partial charge in [-0.15, -0.1) is 0 Å². The quantitative estimate of drug-likeness (QED) is 0.620. The van der Waals surface area contributed by atoms with Crippen LogP contribution in [0.1, 0.15) is 27.9 Å². The highest BCUT2D eigenvalue weighted by Gasteiger charge is 2.18. The van der Waals surface area contributed by atoms with E-state index in [-0.39, 0.29) is 17.1 Å². The number of rotatable bonds is 6. The van der Waals surface area contributed by atoms with Gasteiger partial charge in [0.2, 0.25) is 0 Å². The molecule has 3 aromatic rings. The number of anilines is 1. The van der Waals surface area contributed by atoms with Gasteiger partial charge in [-0.05, 0) is 37.3 Å². The molecule has 0 aliphatic rings. The number of carbonyl (C=O) groups is 2. The number of ether oxygens (including phenoxy) is 1. The number of nitrogens with two attached hydrogens (primary N) is 1. The van der Waals surface area contributed by atoms with Gasteiger partial charge < -0.3 is 15.8 Å². The highest BCUT2D eigenvalue weighted by molar-refractivity contribution is 6.07. The number of primary amides is 1. The number of aromatic nitrogens is 4. The van der Waals surface area contributed by atoms with Crippen LogP contribution in [-0.4, -0.2) is 38.9 Å². The Hall–Kier alpha value is -3.62. The highest BCUT2D eigenvalue weighted by atomic mass is 16.5. The van der Waals surface area contributed by atoms with Crippen LogP contribution in [0.2, 0.25) is 0 Å². The maximum atomic E-state index is 12.4. The van der Waals surface area contributed by atoms with E-state index in [0.717, 1.165) is 11.3 Å². The Kier molecular flexibility index (Phi) is 4.70. The molecule has 0 radical (unpaired) electrons. The molecular formula is C17H18N6O3. The highest BCUT2D eigenvalue weighted by Crippen LogP contribution is 2.22. The van der Waals surface area contributed by atoms with Crippen LogP contribution in [0.5, 0.6) is 5.75 Å². The van der Waals surface area contributed by atoms with E-state index < -0.39 is 11.8 Å². The van der Waals surface area contributed by atoms with Gasteiger partial charge >= 0.3 is 0 Å². The average molecular weight is 354 g/mol. The van der Waals surface area contributed by atoms with Crippen LogP contribution in [0.15, 0.2) is 36.5 Å². The van der Waals surface area contributed by atoms with E-state index in [9.17, 15) is 9.59 Å². The van der Waals surface area contributed by atoms with E-state index in [2.05, 4.69) is 20.6 Å². The van der Waals surface area contributed by atoms with Crippen molar-refractivity contribution in [3.8, 4) is 17.0 Å². The van der Waals surface area contributed by atoms with Gasteiger partial charge in [-0.1, -0.05) is 0 Å². The van der Waals surface area contributed by atoms with Crippen molar-refractivity contribution in [3.05, 3.63) is 47.9 Å². The molecule has 0 atom stereocenters. The summed E-state index contributed by atoms with van der Waals surface area (Å²) < 4.78 is 6.64. The molecule has 26 heavy (non-hydrogen) atoms. The Morgan fingerprint density at radius 2 is 2.04 bits per heavy atom. The van der Waals surface area contributed by atoms with Crippen molar-refractivity contribution < 1.29 is 14.3 Å². The fourth-order valence-corrected chi connectivity index (χ4v) is 2.39. The monoisotopic (exact) mass is 354 g/mol. The fourth-order valence-electron chi connectivity index (χ4n) is 2.39. The lowest BCUT2D eigenvalue weighted by atomic mass is 10.1. The van der Waals surface area contributed by atoms with E-state index in [1.54, 1.807) is 19.4 Å². The number of nitrogens with zero attached hydrogens (tertiary/aromatic N) is 3. The minimum absolute atomic E-state index is 0.00935. The summed E-state index contributed by atoms with van der Waals surface area (Å²) in [4.78, 5) is 23.9. The smallest absolute Gasteiger partial charge is 0.273 e. The largest absolute Gasteiger partial charge is 0.497 e. The number of aromatic amines is 1. The second-order valence-electron chi connectivity index (χ2n) is 5.46. The van der Waals surface area contributed by atoms with E-state index >= 15 is 0 Å². The van der Waals surface area contributed by atoms with Crippen LogP contribution in [0, 0.1) is 0 Å². The van der Waals surface area contributed by atoms with E-state index in [1.807, 2.05) is 31.2 Å². The topological polar surface area (TPSA) is 128 Å². The normalized spacial score (nSPS) is 10.5. The first-order chi connectivity index (χ1) is 12.5. The Bertz CT molecular complexity index is 942. The van der Waals surface area contributed by atoms with Crippen molar-refractivity contribution in [3.63, 3.8) is 0 Å². The number of carbonyl (C=O) groups excluding carboxylic acids is 2. The predicted octanol–water partition coefficient (Wildman–Crippen LogP) is 1.65. The number of benzene rings is 1. The molecule has 0 aliphatic carbocycles. The summed E-state index contributed by atoms with van der Waals surface area (Å²) in [6, 6.07) is 8.91. The van der Waals surface area contributed by atoms with Crippen LogP contribution in [0.3, 0.4) is 0 Å². The fraction of sp³-hybridized carbons (Fsp3) is 0.176. The molecule has 9 heteroatoms. The summed E-state index contributed by atoms with van der Waals surface area (Å²) in [6.07, 6.45) is 1.55. The third-order valence-electron chi connectivity index (χ3n) is 3.78. The first-order valence-corrected chi connectivity index (χ1v) is 7.90. The Morgan fingerprint density at radius 1 is 1.31 bits per heavy atom. The lowest BCUT2D eigenvalue weighted by molar-refractivity contribution is 0.0995. The van der Waals surface area contributed by atoms with Gasteiger partial charge in [0.15, 0.2) is 5.69 Å². The van der Waals surface area contributed by atoms with Crippen molar-refractivity contribution in [1.82, 2.24) is 20.0 Å². The second kappa shape index (κ2) is 7.09. The predicted molar refractivity (Wildman–Crippen MR) is 94.9 cm³/mol. The SMILES string of the molecule is CCn1cc(NC(=O)c2cc(-c3ccc(OC)cc3)n[nH]2)c(C(N)=O)n1. The summed E-state index contributed by atoms with van der Waals surface area (Å²) >= 11 is 0. The number of amides is 2. The van der Waals surface area contributed by atoms with Gasteiger partial charge in [0.1, 0.15) is 11.4 Å². The molecule has 2 aromatic heterocycles. The number of methoxy groups -OCH3 is 1. The van der Waals surface area contributed by atoms with Gasteiger partial charge in [-0.2, -0.15) is 10.2 Å². The third-order valence-corrected chi connectivity index (χ3v) is 3.78. The van der Waals surface area contributed by atoms with Crippen molar-refractivity contribution in [2.45, 2.75) is 13.5 Å². The number of nitrogens with one attached hydrogen (secondary N) is 2. The van der Waals surface area contributed by atoms with Gasteiger partial charge in [-0.3, -0.25) is 19.4 Å². The number of H-pyrrole nitrogens is 1. The maximum absolute atomic E-state index is 12.4. The molecule has 4 N–H and O–H groups in total. The summed E-state index contributed by atoms with van der Waals surface area (Å²) in [5, 5.41) is 13.5. The van der Waals surface area contributed by atoms with Crippen LogP contribution >= 0.6 is 0 Å². The zero-order valence-corrected chi connectivity index (χ0v) is 14.3. The molecule has 2 amide bonds. The van der Waals surface area contributed by atoms with Crippen LogP contribution in [0.25, 0.3) is 11.3 Å². The van der Waals surface area contributed by atoms with Gasteiger partial charge in [0.25, 0.3) is 11.8 Å². The van der Waals surface area contributed by atoms with Gasteiger partial charge in [0.05, 0.1) is 18.5 Å². The number of aryl methyl sites for hydroxylation is 1. The molecule has 0 saturated heterocycles. The lowest BCUT2D eigenvalue weighted by Crippen LogP contribution is -2.18. The second-order valence-corrected chi connectivity index (χ2v) is 5.46. The minimum atomic E-state index is -0.712. The number of hydrogen-bond donors (Lipinski definition) is 3. The molecule has 0 unspecified atom stereocenters. The molecule has 1 aromatic carbocycles. The van der Waals surface area contributed by atoms with Crippen molar-refractivity contribution >= 4 is 17.5 Å². The molecule has 3 rings (SSSR count). The molecule has 0 bridgehead atoms. The molecule has 0 fully saturated rings. The molecule has 0 spiro atoms. The number of hydrogen-bond acceptors (Lipinski definition) is 5. The molecule has 2 heterocycles. The van der Waals surface area contributed by atoms with E-state index in [4.69, 9.17) is 10.5 Å². The van der Waals surface area contributed by atoms with Gasteiger partial charge in [0, 0.05) is 18.3 Å². The Morgan fingerprint density at radius 3 is 2.65 bits per heavy atom. The molecular weight excluding hydrogens is 336 g/mol. The Balaban J connectivity index is 1.80. The molecule has 9 nitrogen and oxygen atoms in total. The van der Waals surface area contributed by atoms with Crippen LogP contribution in [-0.2, 0) is 6.54 Å². The average Bonchev–Trinajstić information content (AvgIpc) is 3.29. The van der Waals surface area contributed by atoms with Crippen molar-refractivity contribution in [1.29, 1.82) is 0 Å². The third kappa shape index (κ3) is 3.41. The molecule has 0 aliphatic heterocycles. The maximum Gasteiger partial charge on any atom is 0.273 e. The molecule has 134 valence electrons. The van der Waals surface area contributed by atoms with E-state index in [1.165, 1.54) is 4.68 Å². The van der Waals surface area contributed by atoms with E-state index in [0.29, 0.717) is 12.2 Å². The first kappa shape index (κ1) is 17.2. The summed E-state index contributed by atoms with van der Waals surface area (Å²) in [5.74, 6) is -0.430. The minimum Gasteiger partial charge on any atom is -0.497 e. The van der Waals surface area contributed by atoms with Crippen molar-refractivity contribution in [2.75, 3.05) is 12.4 Å². The zero-order valence-electron chi connectivity index (χ0n) is 14.3. The summed E-state index contributed by atoms with van der Waals surface area (Å²) in [5.41, 5.74) is 7.25. The lowest BCUT2D eigenvalue weighted by Gasteiger charge is -2.01.